The topological polar surface area (TPSA) is 81.2 Å². The normalized spacial score (nSPS) is 12.0. The van der Waals surface area contributed by atoms with Crippen molar-refractivity contribution >= 4 is 44.9 Å². The first-order chi connectivity index (χ1) is 25.2. The Morgan fingerprint density at radius 1 is 0.490 bits per heavy atom. The predicted molar refractivity (Wildman–Crippen MR) is 205 cm³/mol. The first-order valence-electron chi connectivity index (χ1n) is 16.8. The summed E-state index contributed by atoms with van der Waals surface area (Å²) in [5, 5.41) is 33.3. The summed E-state index contributed by atoms with van der Waals surface area (Å²) < 4.78 is 4.34. The molecule has 2 aromatic heterocycles. The Labute approximate surface area is 294 Å². The molecule has 0 fully saturated rings. The predicted octanol–water partition coefficient (Wildman–Crippen LogP) is 11.1. The van der Waals surface area contributed by atoms with E-state index in [0.29, 0.717) is 16.7 Å². The summed E-state index contributed by atoms with van der Waals surface area (Å²) in [5.74, 6) is 0. The van der Waals surface area contributed by atoms with Crippen molar-refractivity contribution in [3.05, 3.63) is 167 Å². The van der Waals surface area contributed by atoms with Crippen molar-refractivity contribution in [1.29, 1.82) is 15.8 Å². The van der Waals surface area contributed by atoms with Gasteiger partial charge in [0.05, 0.1) is 56.4 Å². The lowest BCUT2D eigenvalue weighted by atomic mass is 9.96. The Kier molecular flexibility index (Phi) is 6.96. The third-order valence-electron chi connectivity index (χ3n) is 9.83. The average molecular weight is 650 g/mol. The molecule has 51 heavy (non-hydrogen) atoms. The van der Waals surface area contributed by atoms with Crippen LogP contribution in [-0.4, -0.2) is 9.13 Å². The van der Waals surface area contributed by atoms with Gasteiger partial charge in [0, 0.05) is 27.3 Å². The van der Waals surface area contributed by atoms with Crippen LogP contribution in [0.2, 0.25) is 0 Å². The molecule has 0 radical (unpaired) electrons. The minimum Gasteiger partial charge on any atom is -0.309 e. The van der Waals surface area contributed by atoms with Crippen LogP contribution in [0.1, 0.15) is 34.4 Å². The SMILES string of the molecule is N#Cc1ccc2c(c1)c1c(n2-c2ccccc2-c2cccc(-c3ccc(-n4c5ccccc5c5cccc(C#N)c54)c(C#N)c3)c2)C=CCC=C1. The zero-order valence-corrected chi connectivity index (χ0v) is 27.4. The second kappa shape index (κ2) is 11.9. The number of allylic oxidation sites excluding steroid dienone is 2. The van der Waals surface area contributed by atoms with Crippen LogP contribution in [0, 0.1) is 34.0 Å². The van der Waals surface area contributed by atoms with E-state index in [1.165, 1.54) is 0 Å². The number of fused-ring (bicyclic) bond motifs is 6. The molecule has 0 bridgehead atoms. The van der Waals surface area contributed by atoms with Gasteiger partial charge >= 0.3 is 0 Å². The summed E-state index contributed by atoms with van der Waals surface area (Å²) >= 11 is 0. The van der Waals surface area contributed by atoms with Gasteiger partial charge in [-0.05, 0) is 83.8 Å². The molecule has 2 heterocycles. The molecule has 0 saturated carbocycles. The zero-order chi connectivity index (χ0) is 34.5. The van der Waals surface area contributed by atoms with Crippen LogP contribution in [0.25, 0.3) is 78.5 Å². The monoisotopic (exact) mass is 649 g/mol. The Morgan fingerprint density at radius 3 is 2.12 bits per heavy atom. The van der Waals surface area contributed by atoms with E-state index < -0.39 is 0 Å². The minimum absolute atomic E-state index is 0.520. The van der Waals surface area contributed by atoms with Crippen molar-refractivity contribution in [2.45, 2.75) is 6.42 Å². The lowest BCUT2D eigenvalue weighted by molar-refractivity contribution is 1.11. The van der Waals surface area contributed by atoms with Gasteiger partial charge in [-0.3, -0.25) is 0 Å². The van der Waals surface area contributed by atoms with Gasteiger partial charge in [0.1, 0.15) is 12.1 Å². The van der Waals surface area contributed by atoms with Crippen molar-refractivity contribution in [3.63, 3.8) is 0 Å². The highest BCUT2D eigenvalue weighted by atomic mass is 15.0. The summed E-state index contributed by atoms with van der Waals surface area (Å²) in [4.78, 5) is 0. The van der Waals surface area contributed by atoms with Crippen LogP contribution in [0.3, 0.4) is 0 Å². The molecule has 0 unspecified atom stereocenters. The molecule has 9 rings (SSSR count). The maximum absolute atomic E-state index is 10.5. The van der Waals surface area contributed by atoms with Crippen LogP contribution in [0.15, 0.2) is 140 Å². The molecule has 5 heteroatoms. The molecule has 0 amide bonds. The Morgan fingerprint density at radius 2 is 1.24 bits per heavy atom. The highest BCUT2D eigenvalue weighted by Gasteiger charge is 2.21. The summed E-state index contributed by atoms with van der Waals surface area (Å²) in [6, 6.07) is 49.7. The number of aromatic nitrogens is 2. The largest absolute Gasteiger partial charge is 0.309 e. The van der Waals surface area contributed by atoms with Crippen molar-refractivity contribution in [3.8, 4) is 51.8 Å². The van der Waals surface area contributed by atoms with Crippen LogP contribution in [0.5, 0.6) is 0 Å². The summed E-state index contributed by atoms with van der Waals surface area (Å²) in [6.45, 7) is 0. The number of nitrogens with zero attached hydrogens (tertiary/aromatic N) is 5. The van der Waals surface area contributed by atoms with E-state index in [9.17, 15) is 15.8 Å². The molecule has 236 valence electrons. The fourth-order valence-corrected chi connectivity index (χ4v) is 7.59. The smallest absolute Gasteiger partial charge is 0.101 e. The Balaban J connectivity index is 1.19. The number of hydrogen-bond acceptors (Lipinski definition) is 3. The summed E-state index contributed by atoms with van der Waals surface area (Å²) in [5.41, 5.74) is 12.5. The van der Waals surface area contributed by atoms with Crippen molar-refractivity contribution in [1.82, 2.24) is 9.13 Å². The van der Waals surface area contributed by atoms with Gasteiger partial charge in [0.2, 0.25) is 0 Å². The molecular weight excluding hydrogens is 623 g/mol. The van der Waals surface area contributed by atoms with E-state index >= 15 is 0 Å². The lowest BCUT2D eigenvalue weighted by Crippen LogP contribution is -2.00. The first-order valence-corrected chi connectivity index (χ1v) is 16.8. The van der Waals surface area contributed by atoms with Gasteiger partial charge in [-0.15, -0.1) is 0 Å². The van der Waals surface area contributed by atoms with E-state index in [4.69, 9.17) is 0 Å². The molecule has 8 aromatic rings. The molecule has 0 N–H and O–H groups in total. The Hall–Kier alpha value is -7.39. The van der Waals surface area contributed by atoms with E-state index in [-0.39, 0.29) is 0 Å². The van der Waals surface area contributed by atoms with Crippen molar-refractivity contribution in [2.75, 3.05) is 0 Å². The second-order valence-electron chi connectivity index (χ2n) is 12.6. The second-order valence-corrected chi connectivity index (χ2v) is 12.6. The highest BCUT2D eigenvalue weighted by molar-refractivity contribution is 6.11. The maximum atomic E-state index is 10.5. The third kappa shape index (κ3) is 4.67. The third-order valence-corrected chi connectivity index (χ3v) is 9.83. The highest BCUT2D eigenvalue weighted by Crippen LogP contribution is 2.39. The molecule has 1 aliphatic carbocycles. The number of hydrogen-bond donors (Lipinski definition) is 0. The molecule has 0 aliphatic heterocycles. The van der Waals surface area contributed by atoms with Crippen LogP contribution in [-0.2, 0) is 0 Å². The maximum Gasteiger partial charge on any atom is 0.101 e. The zero-order valence-electron chi connectivity index (χ0n) is 27.4. The first kappa shape index (κ1) is 29.7. The Bertz CT molecular complexity index is 2930. The molecule has 0 spiro atoms. The van der Waals surface area contributed by atoms with Crippen LogP contribution >= 0.6 is 0 Å². The van der Waals surface area contributed by atoms with Gasteiger partial charge in [0.15, 0.2) is 0 Å². The quantitative estimate of drug-likeness (QED) is 0.190. The fraction of sp³-hybridized carbons (Fsp3) is 0.0217. The van der Waals surface area contributed by atoms with Gasteiger partial charge in [-0.1, -0.05) is 91.0 Å². The van der Waals surface area contributed by atoms with E-state index in [0.717, 1.165) is 84.0 Å². The number of nitriles is 3. The molecule has 5 nitrogen and oxygen atoms in total. The molecular formula is C46H27N5. The molecule has 0 atom stereocenters. The summed E-state index contributed by atoms with van der Waals surface area (Å²) in [7, 11) is 0. The minimum atomic E-state index is 0.520. The van der Waals surface area contributed by atoms with Gasteiger partial charge in [0.25, 0.3) is 0 Å². The van der Waals surface area contributed by atoms with Crippen LogP contribution < -0.4 is 0 Å². The van der Waals surface area contributed by atoms with E-state index in [2.05, 4.69) is 108 Å². The van der Waals surface area contributed by atoms with E-state index in [1.807, 2.05) is 71.3 Å². The summed E-state index contributed by atoms with van der Waals surface area (Å²) in [6.07, 6.45) is 9.51. The van der Waals surface area contributed by atoms with E-state index in [1.54, 1.807) is 0 Å². The van der Waals surface area contributed by atoms with Crippen molar-refractivity contribution in [2.24, 2.45) is 0 Å². The van der Waals surface area contributed by atoms with Crippen molar-refractivity contribution < 1.29 is 0 Å². The average Bonchev–Trinajstić information content (AvgIpc) is 3.57. The van der Waals surface area contributed by atoms with Gasteiger partial charge in [-0.25, -0.2) is 0 Å². The lowest BCUT2D eigenvalue weighted by Gasteiger charge is -2.16. The van der Waals surface area contributed by atoms with Gasteiger partial charge in [-0.2, -0.15) is 15.8 Å². The van der Waals surface area contributed by atoms with Gasteiger partial charge < -0.3 is 9.13 Å². The molecule has 1 aliphatic rings. The van der Waals surface area contributed by atoms with Crippen LogP contribution in [0.4, 0.5) is 0 Å². The number of para-hydroxylation sites is 3. The standard InChI is InChI=1S/C46H27N5/c47-27-30-20-22-45-40(24-30)38-14-2-1-3-17-43(38)50(45)42-18-6-4-13-36(42)33-11-8-10-31(25-33)32-21-23-41(35(26-32)29-49)51-44-19-7-5-15-37(44)39-16-9-12-34(28-48)46(39)51/h2-26H,1H2. The molecule has 6 aromatic carbocycles. The molecule has 0 saturated heterocycles. The number of rotatable bonds is 4. The fourth-order valence-electron chi connectivity index (χ4n) is 7.59. The number of benzene rings is 6.